The fourth-order valence-corrected chi connectivity index (χ4v) is 2.84. The molecule has 1 saturated heterocycles. The van der Waals surface area contributed by atoms with Gasteiger partial charge < -0.3 is 4.74 Å². The van der Waals surface area contributed by atoms with Crippen LogP contribution in [0.5, 0.6) is 0 Å². The monoisotopic (exact) mass is 342 g/mol. The summed E-state index contributed by atoms with van der Waals surface area (Å²) in [6.07, 6.45) is 4.28. The maximum atomic E-state index is 5.39. The number of halogens is 1. The average Bonchev–Trinajstić information content (AvgIpc) is 2.73. The molecule has 3 rings (SSSR count). The highest BCUT2D eigenvalue weighted by Crippen LogP contribution is 2.21. The van der Waals surface area contributed by atoms with Gasteiger partial charge in [-0.15, -0.1) is 0 Å². The largest absolute Gasteiger partial charge is 0.381 e. The second kappa shape index (κ2) is 4.94. The summed E-state index contributed by atoms with van der Waals surface area (Å²) in [5.41, 5.74) is 1.25. The van der Waals surface area contributed by atoms with Crippen molar-refractivity contribution in [3.63, 3.8) is 0 Å². The lowest BCUT2D eigenvalue weighted by Crippen LogP contribution is -2.20. The van der Waals surface area contributed by atoms with Gasteiger partial charge in [-0.05, 0) is 53.5 Å². The fourth-order valence-electron chi connectivity index (χ4n) is 2.36. The van der Waals surface area contributed by atoms with E-state index in [2.05, 4.69) is 50.6 Å². The number of hydrogen-bond acceptors (Lipinski definition) is 2. The highest BCUT2D eigenvalue weighted by Gasteiger charge is 2.15. The van der Waals surface area contributed by atoms with Crippen molar-refractivity contribution in [1.82, 2.24) is 9.78 Å². The zero-order valence-electron chi connectivity index (χ0n) is 9.60. The van der Waals surface area contributed by atoms with E-state index in [9.17, 15) is 0 Å². The maximum absolute atomic E-state index is 5.39. The Bertz CT molecular complexity index is 517. The summed E-state index contributed by atoms with van der Waals surface area (Å²) in [4.78, 5) is 0. The fraction of sp³-hybridized carbons (Fsp3) is 0.462. The van der Waals surface area contributed by atoms with Gasteiger partial charge in [0.25, 0.3) is 0 Å². The van der Waals surface area contributed by atoms with Crippen LogP contribution in [-0.4, -0.2) is 23.0 Å². The molecule has 1 aliphatic heterocycles. The highest BCUT2D eigenvalue weighted by atomic mass is 127. The van der Waals surface area contributed by atoms with E-state index >= 15 is 0 Å². The molecular weight excluding hydrogens is 327 g/mol. The lowest BCUT2D eigenvalue weighted by molar-refractivity contribution is 0.0605. The van der Waals surface area contributed by atoms with E-state index in [1.807, 2.05) is 6.20 Å². The molecule has 1 aliphatic rings. The van der Waals surface area contributed by atoms with E-state index in [4.69, 9.17) is 4.74 Å². The summed E-state index contributed by atoms with van der Waals surface area (Å²) in [5, 5.41) is 5.74. The van der Waals surface area contributed by atoms with Gasteiger partial charge in [0.1, 0.15) is 0 Å². The van der Waals surface area contributed by atoms with Crippen LogP contribution < -0.4 is 0 Å². The minimum absolute atomic E-state index is 0.713. The van der Waals surface area contributed by atoms with Gasteiger partial charge in [0.05, 0.1) is 11.7 Å². The van der Waals surface area contributed by atoms with E-state index in [1.54, 1.807) is 0 Å². The normalized spacial score (nSPS) is 17.7. The Balaban J connectivity index is 1.86. The first-order valence-corrected chi connectivity index (χ1v) is 7.09. The zero-order chi connectivity index (χ0) is 11.7. The number of aromatic nitrogens is 2. The molecule has 0 N–H and O–H groups in total. The van der Waals surface area contributed by atoms with Gasteiger partial charge in [0, 0.05) is 28.7 Å². The van der Waals surface area contributed by atoms with E-state index < -0.39 is 0 Å². The third-order valence-electron chi connectivity index (χ3n) is 3.38. The molecule has 0 saturated carbocycles. The SMILES string of the molecule is Ic1ccc2cnn(CC3CCOCC3)c2c1. The smallest absolute Gasteiger partial charge is 0.0693 e. The van der Waals surface area contributed by atoms with Crippen LogP contribution in [0.1, 0.15) is 12.8 Å². The van der Waals surface area contributed by atoms with Crippen LogP contribution in [0.2, 0.25) is 0 Å². The summed E-state index contributed by atoms with van der Waals surface area (Å²) in [6.45, 7) is 2.83. The number of ether oxygens (including phenoxy) is 1. The van der Waals surface area contributed by atoms with E-state index in [0.29, 0.717) is 5.92 Å². The van der Waals surface area contributed by atoms with Gasteiger partial charge in [-0.3, -0.25) is 4.68 Å². The van der Waals surface area contributed by atoms with E-state index in [1.165, 1.54) is 14.5 Å². The van der Waals surface area contributed by atoms with Gasteiger partial charge in [-0.2, -0.15) is 5.10 Å². The van der Waals surface area contributed by atoms with Crippen molar-refractivity contribution < 1.29 is 4.74 Å². The number of hydrogen-bond donors (Lipinski definition) is 0. The third-order valence-corrected chi connectivity index (χ3v) is 4.05. The van der Waals surface area contributed by atoms with Gasteiger partial charge in [0.15, 0.2) is 0 Å². The molecule has 0 spiro atoms. The standard InChI is InChI=1S/C13H15IN2O/c14-12-2-1-11-8-15-16(13(11)7-12)9-10-3-5-17-6-4-10/h1-2,7-8,10H,3-6,9H2. The van der Waals surface area contributed by atoms with Crippen LogP contribution in [0, 0.1) is 9.49 Å². The predicted molar refractivity (Wildman–Crippen MR) is 76.0 cm³/mol. The number of nitrogens with zero attached hydrogens (tertiary/aromatic N) is 2. The van der Waals surface area contributed by atoms with Crippen LogP contribution in [0.4, 0.5) is 0 Å². The van der Waals surface area contributed by atoms with Crippen molar-refractivity contribution in [2.24, 2.45) is 5.92 Å². The number of benzene rings is 1. The Labute approximate surface area is 114 Å². The number of rotatable bonds is 2. The first-order valence-electron chi connectivity index (χ1n) is 6.02. The lowest BCUT2D eigenvalue weighted by Gasteiger charge is -2.22. The second-order valence-electron chi connectivity index (χ2n) is 4.59. The third kappa shape index (κ3) is 2.47. The maximum Gasteiger partial charge on any atom is 0.0693 e. The van der Waals surface area contributed by atoms with Crippen LogP contribution in [-0.2, 0) is 11.3 Å². The molecule has 1 aromatic heterocycles. The summed E-state index contributed by atoms with van der Waals surface area (Å²) >= 11 is 2.35. The molecule has 2 heterocycles. The summed E-state index contributed by atoms with van der Waals surface area (Å²) < 4.78 is 8.81. The van der Waals surface area contributed by atoms with Crippen LogP contribution in [0.25, 0.3) is 10.9 Å². The molecule has 4 heteroatoms. The van der Waals surface area contributed by atoms with Gasteiger partial charge in [-0.25, -0.2) is 0 Å². The number of fused-ring (bicyclic) bond motifs is 1. The molecule has 1 aromatic carbocycles. The summed E-state index contributed by atoms with van der Waals surface area (Å²) in [7, 11) is 0. The Morgan fingerprint density at radius 2 is 2.18 bits per heavy atom. The van der Waals surface area contributed by atoms with Crippen molar-refractivity contribution in [3.05, 3.63) is 28.0 Å². The summed E-state index contributed by atoms with van der Waals surface area (Å²) in [5.74, 6) is 0.713. The predicted octanol–water partition coefficient (Wildman–Crippen LogP) is 3.07. The van der Waals surface area contributed by atoms with E-state index in [-0.39, 0.29) is 0 Å². The quantitative estimate of drug-likeness (QED) is 0.785. The Hall–Kier alpha value is -0.620. The van der Waals surface area contributed by atoms with Gasteiger partial charge >= 0.3 is 0 Å². The first-order chi connectivity index (χ1) is 8.33. The Morgan fingerprint density at radius 3 is 3.00 bits per heavy atom. The molecule has 0 aliphatic carbocycles. The topological polar surface area (TPSA) is 27.1 Å². The van der Waals surface area contributed by atoms with Crippen molar-refractivity contribution in [3.8, 4) is 0 Å². The van der Waals surface area contributed by atoms with Crippen molar-refractivity contribution in [1.29, 1.82) is 0 Å². The molecule has 90 valence electrons. The highest BCUT2D eigenvalue weighted by molar-refractivity contribution is 14.1. The van der Waals surface area contributed by atoms with Crippen molar-refractivity contribution >= 4 is 33.5 Å². The van der Waals surface area contributed by atoms with Crippen LogP contribution in [0.15, 0.2) is 24.4 Å². The Morgan fingerprint density at radius 1 is 1.35 bits per heavy atom. The van der Waals surface area contributed by atoms with Crippen molar-refractivity contribution in [2.45, 2.75) is 19.4 Å². The molecular formula is C13H15IN2O. The molecule has 1 fully saturated rings. The first kappa shape index (κ1) is 11.5. The average molecular weight is 342 g/mol. The molecule has 0 unspecified atom stereocenters. The van der Waals surface area contributed by atoms with Gasteiger partial charge in [-0.1, -0.05) is 6.07 Å². The van der Waals surface area contributed by atoms with Crippen LogP contribution >= 0.6 is 22.6 Å². The zero-order valence-corrected chi connectivity index (χ0v) is 11.8. The Kier molecular flexibility index (Phi) is 3.33. The van der Waals surface area contributed by atoms with Crippen LogP contribution in [0.3, 0.4) is 0 Å². The van der Waals surface area contributed by atoms with Crippen molar-refractivity contribution in [2.75, 3.05) is 13.2 Å². The molecule has 0 bridgehead atoms. The molecule has 17 heavy (non-hydrogen) atoms. The molecule has 0 atom stereocenters. The second-order valence-corrected chi connectivity index (χ2v) is 5.83. The molecule has 0 radical (unpaired) electrons. The lowest BCUT2D eigenvalue weighted by atomic mass is 10.0. The molecule has 2 aromatic rings. The molecule has 0 amide bonds. The van der Waals surface area contributed by atoms with Gasteiger partial charge in [0.2, 0.25) is 0 Å². The minimum atomic E-state index is 0.713. The summed E-state index contributed by atoms with van der Waals surface area (Å²) in [6, 6.07) is 6.48. The molecule has 3 nitrogen and oxygen atoms in total. The minimum Gasteiger partial charge on any atom is -0.381 e. The van der Waals surface area contributed by atoms with E-state index in [0.717, 1.165) is 32.6 Å².